The third kappa shape index (κ3) is 7.47. The molecule has 40 heavy (non-hydrogen) atoms. The second-order valence-electron chi connectivity index (χ2n) is 9.35. The molecule has 6 nitrogen and oxygen atoms in total. The number of nitrogens with one attached hydrogen (secondary N) is 1. The molecule has 7 heteroatoms. The largest absolute Gasteiger partial charge is 0.493 e. The highest BCUT2D eigenvalue weighted by Crippen LogP contribution is 2.28. The molecule has 0 fully saturated rings. The molecule has 4 aromatic carbocycles. The number of hydrogen-bond acceptors (Lipinski definition) is 4. The van der Waals surface area contributed by atoms with Gasteiger partial charge in [0.2, 0.25) is 11.8 Å². The summed E-state index contributed by atoms with van der Waals surface area (Å²) in [4.78, 5) is 29.1. The molecule has 2 amide bonds. The highest BCUT2D eigenvalue weighted by Gasteiger charge is 2.31. The topological polar surface area (TPSA) is 67.9 Å². The smallest absolute Gasteiger partial charge is 0.247 e. The molecule has 0 radical (unpaired) electrons. The Morgan fingerprint density at radius 1 is 0.775 bits per heavy atom. The molecule has 0 bridgehead atoms. The van der Waals surface area contributed by atoms with E-state index in [2.05, 4.69) is 5.32 Å². The Balaban J connectivity index is 1.59. The van der Waals surface area contributed by atoms with Gasteiger partial charge in [0.15, 0.2) is 11.5 Å². The lowest BCUT2D eigenvalue weighted by Gasteiger charge is -2.32. The first kappa shape index (κ1) is 28.4. The number of ether oxygens (including phenoxy) is 2. The zero-order chi connectivity index (χ0) is 28.3. The molecule has 0 aliphatic carbocycles. The Bertz CT molecular complexity index is 1400. The minimum atomic E-state index is -0.882. The number of methoxy groups -OCH3 is 2. The van der Waals surface area contributed by atoms with Crippen LogP contribution < -0.4 is 14.8 Å². The lowest BCUT2D eigenvalue weighted by atomic mass is 10.0. The van der Waals surface area contributed by atoms with Gasteiger partial charge in [0, 0.05) is 13.1 Å². The van der Waals surface area contributed by atoms with Crippen LogP contribution in [0.1, 0.15) is 28.3 Å². The van der Waals surface area contributed by atoms with Crippen LogP contribution in [0.15, 0.2) is 103 Å². The van der Waals surface area contributed by atoms with Gasteiger partial charge in [0.25, 0.3) is 0 Å². The van der Waals surface area contributed by atoms with Crippen molar-refractivity contribution in [1.29, 1.82) is 0 Å². The van der Waals surface area contributed by atoms with E-state index in [9.17, 15) is 14.0 Å². The van der Waals surface area contributed by atoms with Gasteiger partial charge in [-0.2, -0.15) is 0 Å². The SMILES string of the molecule is COc1ccc(CCNC(=O)[C@H](c2ccccc2)N(Cc2ccc(F)cc2)C(=O)Cc2ccccc2)cc1OC. The van der Waals surface area contributed by atoms with Crippen molar-refractivity contribution in [2.24, 2.45) is 0 Å². The first-order valence-corrected chi connectivity index (χ1v) is 13.1. The van der Waals surface area contributed by atoms with E-state index in [-0.39, 0.29) is 30.6 Å². The monoisotopic (exact) mass is 540 g/mol. The van der Waals surface area contributed by atoms with Gasteiger partial charge in [-0.05, 0) is 52.9 Å². The van der Waals surface area contributed by atoms with Crippen molar-refractivity contribution in [3.05, 3.63) is 131 Å². The molecule has 4 aromatic rings. The van der Waals surface area contributed by atoms with Gasteiger partial charge in [-0.3, -0.25) is 9.59 Å². The Morgan fingerprint density at radius 3 is 2.05 bits per heavy atom. The van der Waals surface area contributed by atoms with Crippen LogP contribution in [0.2, 0.25) is 0 Å². The average Bonchev–Trinajstić information content (AvgIpc) is 2.98. The van der Waals surface area contributed by atoms with Crippen molar-refractivity contribution in [3.8, 4) is 11.5 Å². The predicted molar refractivity (Wildman–Crippen MR) is 153 cm³/mol. The van der Waals surface area contributed by atoms with Gasteiger partial charge < -0.3 is 19.7 Å². The molecule has 0 spiro atoms. The van der Waals surface area contributed by atoms with Gasteiger partial charge in [-0.15, -0.1) is 0 Å². The first-order valence-electron chi connectivity index (χ1n) is 13.1. The number of carbonyl (C=O) groups excluding carboxylic acids is 2. The fourth-order valence-electron chi connectivity index (χ4n) is 4.55. The molecule has 0 aromatic heterocycles. The maximum atomic E-state index is 13.8. The van der Waals surface area contributed by atoms with Gasteiger partial charge in [0.1, 0.15) is 11.9 Å². The predicted octanol–water partition coefficient (Wildman–Crippen LogP) is 5.51. The quantitative estimate of drug-likeness (QED) is 0.257. The van der Waals surface area contributed by atoms with E-state index >= 15 is 0 Å². The zero-order valence-corrected chi connectivity index (χ0v) is 22.7. The summed E-state index contributed by atoms with van der Waals surface area (Å²) in [5.41, 5.74) is 3.23. The molecule has 1 atom stereocenters. The van der Waals surface area contributed by atoms with Crippen LogP contribution in [-0.2, 0) is 29.0 Å². The van der Waals surface area contributed by atoms with Crippen LogP contribution in [0.3, 0.4) is 0 Å². The lowest BCUT2D eigenvalue weighted by Crippen LogP contribution is -2.44. The van der Waals surface area contributed by atoms with Crippen molar-refractivity contribution >= 4 is 11.8 Å². The molecular formula is C33H33FN2O4. The standard InChI is InChI=1S/C33H33FN2O4/c1-39-29-18-15-25(21-30(29)40-2)19-20-35-33(38)32(27-11-7-4-8-12-27)36(23-26-13-16-28(34)17-14-26)31(37)22-24-9-5-3-6-10-24/h3-18,21,32H,19-20,22-23H2,1-2H3,(H,35,38)/t32-/m0/s1. The van der Waals surface area contributed by atoms with Gasteiger partial charge in [-0.25, -0.2) is 4.39 Å². The summed E-state index contributed by atoms with van der Waals surface area (Å²) in [6.45, 7) is 0.503. The van der Waals surface area contributed by atoms with E-state index in [4.69, 9.17) is 9.47 Å². The summed E-state index contributed by atoms with van der Waals surface area (Å²) in [5.74, 6) is 0.381. The van der Waals surface area contributed by atoms with Crippen molar-refractivity contribution in [2.75, 3.05) is 20.8 Å². The number of nitrogens with zero attached hydrogens (tertiary/aromatic N) is 1. The van der Waals surface area contributed by atoms with E-state index in [1.54, 1.807) is 31.3 Å². The van der Waals surface area contributed by atoms with Gasteiger partial charge >= 0.3 is 0 Å². The van der Waals surface area contributed by atoms with Crippen LogP contribution in [0.4, 0.5) is 4.39 Å². The van der Waals surface area contributed by atoms with Gasteiger partial charge in [0.05, 0.1) is 20.6 Å². The number of hydrogen-bond donors (Lipinski definition) is 1. The number of benzene rings is 4. The number of rotatable bonds is 12. The summed E-state index contributed by atoms with van der Waals surface area (Å²) in [6.07, 6.45) is 0.688. The third-order valence-electron chi connectivity index (χ3n) is 6.62. The maximum Gasteiger partial charge on any atom is 0.247 e. The molecule has 0 saturated heterocycles. The molecule has 206 valence electrons. The maximum absolute atomic E-state index is 13.8. The molecule has 0 saturated carbocycles. The Hall–Kier alpha value is -4.65. The minimum absolute atomic E-state index is 0.129. The highest BCUT2D eigenvalue weighted by molar-refractivity contribution is 5.89. The summed E-state index contributed by atoms with van der Waals surface area (Å²) < 4.78 is 24.3. The van der Waals surface area contributed by atoms with E-state index in [0.717, 1.165) is 16.7 Å². The highest BCUT2D eigenvalue weighted by atomic mass is 19.1. The Labute approximate surface area is 234 Å². The number of amides is 2. The Kier molecular flexibility index (Phi) is 9.88. The molecule has 0 aliphatic rings. The number of carbonyl (C=O) groups is 2. The van der Waals surface area contributed by atoms with Crippen LogP contribution >= 0.6 is 0 Å². The molecule has 4 rings (SSSR count). The van der Waals surface area contributed by atoms with Crippen molar-refractivity contribution in [3.63, 3.8) is 0 Å². The van der Waals surface area contributed by atoms with Gasteiger partial charge in [-0.1, -0.05) is 78.9 Å². The average molecular weight is 541 g/mol. The summed E-state index contributed by atoms with van der Waals surface area (Å²) in [6, 6.07) is 29.4. The second kappa shape index (κ2) is 13.9. The van der Waals surface area contributed by atoms with Crippen molar-refractivity contribution < 1.29 is 23.5 Å². The fourth-order valence-corrected chi connectivity index (χ4v) is 4.55. The zero-order valence-electron chi connectivity index (χ0n) is 22.7. The normalized spacial score (nSPS) is 11.4. The van der Waals surface area contributed by atoms with Crippen LogP contribution in [-0.4, -0.2) is 37.5 Å². The van der Waals surface area contributed by atoms with Crippen molar-refractivity contribution in [1.82, 2.24) is 10.2 Å². The minimum Gasteiger partial charge on any atom is -0.493 e. The summed E-state index contributed by atoms with van der Waals surface area (Å²) >= 11 is 0. The Morgan fingerprint density at radius 2 is 1.40 bits per heavy atom. The molecule has 1 N–H and O–H groups in total. The van der Waals surface area contributed by atoms with E-state index in [1.807, 2.05) is 78.9 Å². The third-order valence-corrected chi connectivity index (χ3v) is 6.62. The fraction of sp³-hybridized carbons (Fsp3) is 0.212. The van der Waals surface area contributed by atoms with E-state index < -0.39 is 6.04 Å². The molecular weight excluding hydrogens is 507 g/mol. The van der Waals surface area contributed by atoms with Crippen LogP contribution in [0.5, 0.6) is 11.5 Å². The molecule has 0 heterocycles. The summed E-state index contributed by atoms with van der Waals surface area (Å²) in [7, 11) is 3.16. The van der Waals surface area contributed by atoms with Crippen LogP contribution in [0.25, 0.3) is 0 Å². The number of halogens is 1. The van der Waals surface area contributed by atoms with Crippen LogP contribution in [0, 0.1) is 5.82 Å². The summed E-state index contributed by atoms with van der Waals surface area (Å²) in [5, 5.41) is 3.03. The molecule has 0 aliphatic heterocycles. The van der Waals surface area contributed by atoms with Crippen molar-refractivity contribution in [2.45, 2.75) is 25.4 Å². The molecule has 0 unspecified atom stereocenters. The lowest BCUT2D eigenvalue weighted by molar-refractivity contribution is -0.141. The first-order chi connectivity index (χ1) is 19.5. The van der Waals surface area contributed by atoms with E-state index in [1.165, 1.54) is 12.1 Å². The van der Waals surface area contributed by atoms with E-state index in [0.29, 0.717) is 30.0 Å². The second-order valence-corrected chi connectivity index (χ2v) is 9.35.